The molecule has 1 aliphatic carbocycles. The maximum Gasteiger partial charge on any atom is 0.257 e. The zero-order chi connectivity index (χ0) is 25.4. The maximum atomic E-state index is 13.7. The standard InChI is InChI=1S/C28H30N6O3/c1-3-36-25-7-5-4-6-23(25)32-14-16-33(17-15-32)27(35)21-18-30-34(26(21)20-9-10-20)28-29-13-12-22(31-28)24-11-8-19(2)37-24/h4-8,11-13,18,20H,3,9-10,14-17H2,1-2H3. The number of rotatable bonds is 7. The van der Waals surface area contributed by atoms with E-state index in [1.54, 1.807) is 17.1 Å². The van der Waals surface area contributed by atoms with Gasteiger partial charge in [0.2, 0.25) is 0 Å². The van der Waals surface area contributed by atoms with Crippen molar-refractivity contribution < 1.29 is 13.9 Å². The van der Waals surface area contributed by atoms with Crippen molar-refractivity contribution in [3.05, 3.63) is 71.9 Å². The van der Waals surface area contributed by atoms with E-state index in [9.17, 15) is 4.79 Å². The fourth-order valence-electron chi connectivity index (χ4n) is 4.91. The van der Waals surface area contributed by atoms with E-state index in [2.05, 4.69) is 21.0 Å². The second-order valence-corrected chi connectivity index (χ2v) is 9.46. The molecule has 1 aromatic carbocycles. The Kier molecular flexibility index (Phi) is 6.12. The van der Waals surface area contributed by atoms with Crippen molar-refractivity contribution in [2.75, 3.05) is 37.7 Å². The Morgan fingerprint density at radius 3 is 2.62 bits per heavy atom. The van der Waals surface area contributed by atoms with Crippen molar-refractivity contribution >= 4 is 11.6 Å². The molecular weight excluding hydrogens is 468 g/mol. The number of hydrogen-bond acceptors (Lipinski definition) is 7. The van der Waals surface area contributed by atoms with Gasteiger partial charge in [-0.25, -0.2) is 14.6 Å². The molecule has 2 aliphatic rings. The number of carbonyl (C=O) groups is 1. The second-order valence-electron chi connectivity index (χ2n) is 9.46. The minimum atomic E-state index is 0.0173. The minimum absolute atomic E-state index is 0.0173. The van der Waals surface area contributed by atoms with Crippen LogP contribution < -0.4 is 9.64 Å². The monoisotopic (exact) mass is 498 g/mol. The van der Waals surface area contributed by atoms with Crippen molar-refractivity contribution in [3.8, 4) is 23.2 Å². The number of aryl methyl sites for hydroxylation is 1. The van der Waals surface area contributed by atoms with E-state index < -0.39 is 0 Å². The third kappa shape index (κ3) is 4.57. The minimum Gasteiger partial charge on any atom is -0.492 e. The number of hydrogen-bond donors (Lipinski definition) is 0. The molecular formula is C28H30N6O3. The molecule has 0 atom stereocenters. The van der Waals surface area contributed by atoms with Crippen molar-refractivity contribution in [2.24, 2.45) is 0 Å². The molecule has 1 saturated carbocycles. The van der Waals surface area contributed by atoms with E-state index in [1.165, 1.54) is 0 Å². The van der Waals surface area contributed by atoms with Crippen LogP contribution >= 0.6 is 0 Å². The van der Waals surface area contributed by atoms with E-state index in [0.717, 1.165) is 48.8 Å². The van der Waals surface area contributed by atoms with E-state index in [-0.39, 0.29) is 5.91 Å². The SMILES string of the molecule is CCOc1ccccc1N1CCN(C(=O)c2cnn(-c3nccc(-c4ccc(C)o4)n3)c2C2CC2)CC1. The summed E-state index contributed by atoms with van der Waals surface area (Å²) in [6.07, 6.45) is 5.45. The Labute approximate surface area is 215 Å². The molecule has 1 aliphatic heterocycles. The molecule has 37 heavy (non-hydrogen) atoms. The average Bonchev–Trinajstić information content (AvgIpc) is 3.52. The quantitative estimate of drug-likeness (QED) is 0.371. The van der Waals surface area contributed by atoms with Crippen LogP contribution in [0.1, 0.15) is 47.5 Å². The summed E-state index contributed by atoms with van der Waals surface area (Å²) < 4.78 is 13.3. The van der Waals surface area contributed by atoms with Crippen LogP contribution in [0.4, 0.5) is 5.69 Å². The maximum absolute atomic E-state index is 13.7. The number of anilines is 1. The lowest BCUT2D eigenvalue weighted by molar-refractivity contribution is 0.0745. The van der Waals surface area contributed by atoms with Gasteiger partial charge in [0.15, 0.2) is 5.76 Å². The molecule has 4 heterocycles. The molecule has 3 aromatic heterocycles. The highest BCUT2D eigenvalue weighted by atomic mass is 16.5. The van der Waals surface area contributed by atoms with Gasteiger partial charge in [-0.05, 0) is 57.0 Å². The summed E-state index contributed by atoms with van der Waals surface area (Å²) in [5, 5.41) is 4.58. The average molecular weight is 499 g/mol. The normalized spacial score (nSPS) is 15.7. The fraction of sp³-hybridized carbons (Fsp3) is 0.357. The largest absolute Gasteiger partial charge is 0.492 e. The first-order valence-electron chi connectivity index (χ1n) is 12.9. The van der Waals surface area contributed by atoms with Gasteiger partial charge in [-0.15, -0.1) is 0 Å². The molecule has 0 spiro atoms. The molecule has 0 unspecified atom stereocenters. The van der Waals surface area contributed by atoms with Gasteiger partial charge in [0.1, 0.15) is 17.2 Å². The van der Waals surface area contributed by atoms with Gasteiger partial charge in [0, 0.05) is 38.3 Å². The van der Waals surface area contributed by atoms with Gasteiger partial charge >= 0.3 is 0 Å². The van der Waals surface area contributed by atoms with Crippen LogP contribution in [0.3, 0.4) is 0 Å². The predicted molar refractivity (Wildman–Crippen MR) is 139 cm³/mol. The van der Waals surface area contributed by atoms with Crippen molar-refractivity contribution in [1.82, 2.24) is 24.6 Å². The molecule has 9 heteroatoms. The Morgan fingerprint density at radius 1 is 1.08 bits per heavy atom. The van der Waals surface area contributed by atoms with Gasteiger partial charge in [-0.3, -0.25) is 4.79 Å². The molecule has 6 rings (SSSR count). The summed E-state index contributed by atoms with van der Waals surface area (Å²) >= 11 is 0. The van der Waals surface area contributed by atoms with Crippen molar-refractivity contribution in [2.45, 2.75) is 32.6 Å². The molecule has 1 saturated heterocycles. The molecule has 0 radical (unpaired) electrons. The molecule has 4 aromatic rings. The zero-order valence-corrected chi connectivity index (χ0v) is 21.1. The molecule has 2 fully saturated rings. The number of amides is 1. The lowest BCUT2D eigenvalue weighted by Crippen LogP contribution is -2.49. The summed E-state index contributed by atoms with van der Waals surface area (Å²) in [4.78, 5) is 27.1. The van der Waals surface area contributed by atoms with E-state index in [1.807, 2.05) is 55.1 Å². The number of nitrogens with zero attached hydrogens (tertiary/aromatic N) is 6. The molecule has 9 nitrogen and oxygen atoms in total. The van der Waals surface area contributed by atoms with Crippen molar-refractivity contribution in [3.63, 3.8) is 0 Å². The third-order valence-corrected chi connectivity index (χ3v) is 6.90. The summed E-state index contributed by atoms with van der Waals surface area (Å²) in [5.74, 6) is 3.14. The summed E-state index contributed by atoms with van der Waals surface area (Å²) in [6.45, 7) is 7.28. The lowest BCUT2D eigenvalue weighted by atomic mass is 10.1. The summed E-state index contributed by atoms with van der Waals surface area (Å²) in [5.41, 5.74) is 3.31. The number of benzene rings is 1. The van der Waals surface area contributed by atoms with Crippen LogP contribution in [0.5, 0.6) is 5.75 Å². The first-order valence-corrected chi connectivity index (χ1v) is 12.9. The van der Waals surface area contributed by atoms with Gasteiger partial charge in [0.25, 0.3) is 11.9 Å². The number of aromatic nitrogens is 4. The molecule has 190 valence electrons. The first kappa shape index (κ1) is 23.3. The van der Waals surface area contributed by atoms with Crippen LogP contribution in [0.2, 0.25) is 0 Å². The van der Waals surface area contributed by atoms with Gasteiger partial charge in [-0.2, -0.15) is 5.10 Å². The number of piperazine rings is 1. The Morgan fingerprint density at radius 2 is 1.89 bits per heavy atom. The molecule has 0 bridgehead atoms. The van der Waals surface area contributed by atoms with E-state index in [0.29, 0.717) is 48.6 Å². The Hall–Kier alpha value is -4.14. The van der Waals surface area contributed by atoms with Crippen LogP contribution in [0.25, 0.3) is 17.4 Å². The topological polar surface area (TPSA) is 89.5 Å². The van der Waals surface area contributed by atoms with E-state index >= 15 is 0 Å². The zero-order valence-electron chi connectivity index (χ0n) is 21.1. The smallest absolute Gasteiger partial charge is 0.257 e. The summed E-state index contributed by atoms with van der Waals surface area (Å²) in [6, 6.07) is 13.7. The Bertz CT molecular complexity index is 1410. The highest BCUT2D eigenvalue weighted by molar-refractivity contribution is 5.95. The van der Waals surface area contributed by atoms with Crippen LogP contribution in [-0.4, -0.2) is 63.3 Å². The third-order valence-electron chi connectivity index (χ3n) is 6.90. The second kappa shape index (κ2) is 9.72. The molecule has 1 amide bonds. The van der Waals surface area contributed by atoms with Crippen molar-refractivity contribution in [1.29, 1.82) is 0 Å². The van der Waals surface area contributed by atoms with Gasteiger partial charge in [-0.1, -0.05) is 12.1 Å². The van der Waals surface area contributed by atoms with Crippen LogP contribution in [0, 0.1) is 6.92 Å². The number of carbonyl (C=O) groups excluding carboxylic acids is 1. The highest BCUT2D eigenvalue weighted by Gasteiger charge is 2.35. The van der Waals surface area contributed by atoms with Gasteiger partial charge < -0.3 is 19.0 Å². The van der Waals surface area contributed by atoms with Crippen LogP contribution in [0.15, 0.2) is 59.3 Å². The lowest BCUT2D eigenvalue weighted by Gasteiger charge is -2.36. The van der Waals surface area contributed by atoms with E-state index in [4.69, 9.17) is 14.1 Å². The molecule has 0 N–H and O–H groups in total. The fourth-order valence-corrected chi connectivity index (χ4v) is 4.91. The van der Waals surface area contributed by atoms with Gasteiger partial charge in [0.05, 0.1) is 29.7 Å². The number of furan rings is 1. The summed E-state index contributed by atoms with van der Waals surface area (Å²) in [7, 11) is 0. The highest BCUT2D eigenvalue weighted by Crippen LogP contribution is 2.42. The van der Waals surface area contributed by atoms with Crippen LogP contribution in [-0.2, 0) is 0 Å². The number of para-hydroxylation sites is 2. The first-order chi connectivity index (χ1) is 18.1. The predicted octanol–water partition coefficient (Wildman–Crippen LogP) is 4.47. The number of ether oxygens (including phenoxy) is 1. The Balaban J connectivity index is 1.23.